The molecule has 0 radical (unpaired) electrons. The molecule has 0 atom stereocenters. The summed E-state index contributed by atoms with van der Waals surface area (Å²) in [5, 5.41) is 7.28. The van der Waals surface area contributed by atoms with Gasteiger partial charge < -0.3 is 10.5 Å². The molecule has 2 rings (SSSR count). The third-order valence-electron chi connectivity index (χ3n) is 1.99. The molecule has 0 saturated carbocycles. The number of rotatable bonds is 4. The third kappa shape index (κ3) is 2.91. The first-order valence-corrected chi connectivity index (χ1v) is 6.07. The van der Waals surface area contributed by atoms with Gasteiger partial charge in [-0.15, -0.1) is 0 Å². The highest BCUT2D eigenvalue weighted by atomic mass is 32.2. The standard InChI is InChI=1S/C11H14N4OS/c1-7(2)16-8-4-3-5-9(10(8)12)17-11-13-6-14-15-11/h3-7H,12H2,1-2H3,(H,13,14,15). The number of ether oxygens (including phenoxy) is 1. The molecule has 3 N–H and O–H groups in total. The number of hydrogen-bond acceptors (Lipinski definition) is 5. The number of nitrogens with one attached hydrogen (secondary N) is 1. The third-order valence-corrected chi connectivity index (χ3v) is 2.95. The Morgan fingerprint density at radius 1 is 1.41 bits per heavy atom. The van der Waals surface area contributed by atoms with Crippen LogP contribution in [-0.2, 0) is 0 Å². The molecule has 0 spiro atoms. The summed E-state index contributed by atoms with van der Waals surface area (Å²) in [6.45, 7) is 3.94. The molecule has 6 heteroatoms. The normalized spacial score (nSPS) is 10.8. The van der Waals surface area contributed by atoms with Gasteiger partial charge in [-0.05, 0) is 37.7 Å². The van der Waals surface area contributed by atoms with E-state index in [1.54, 1.807) is 0 Å². The van der Waals surface area contributed by atoms with E-state index in [4.69, 9.17) is 10.5 Å². The number of hydrogen-bond donors (Lipinski definition) is 2. The van der Waals surface area contributed by atoms with Crippen LogP contribution in [0.5, 0.6) is 5.75 Å². The van der Waals surface area contributed by atoms with Gasteiger partial charge in [0.25, 0.3) is 0 Å². The van der Waals surface area contributed by atoms with E-state index in [0.717, 1.165) is 4.90 Å². The van der Waals surface area contributed by atoms with Gasteiger partial charge in [0.05, 0.1) is 11.8 Å². The lowest BCUT2D eigenvalue weighted by Crippen LogP contribution is -2.07. The van der Waals surface area contributed by atoms with Gasteiger partial charge in [0.2, 0.25) is 0 Å². The maximum absolute atomic E-state index is 6.04. The van der Waals surface area contributed by atoms with Crippen molar-refractivity contribution in [1.29, 1.82) is 0 Å². The van der Waals surface area contributed by atoms with Crippen LogP contribution >= 0.6 is 11.8 Å². The van der Waals surface area contributed by atoms with Crippen LogP contribution in [0.3, 0.4) is 0 Å². The average molecular weight is 250 g/mol. The molecule has 1 aromatic carbocycles. The second-order valence-corrected chi connectivity index (χ2v) is 4.76. The van der Waals surface area contributed by atoms with Crippen LogP contribution in [0.4, 0.5) is 5.69 Å². The van der Waals surface area contributed by atoms with Gasteiger partial charge in [0, 0.05) is 4.90 Å². The molecule has 90 valence electrons. The second-order valence-electron chi connectivity index (χ2n) is 3.73. The van der Waals surface area contributed by atoms with E-state index >= 15 is 0 Å². The number of nitrogens with two attached hydrogens (primary N) is 1. The van der Waals surface area contributed by atoms with Gasteiger partial charge in [-0.1, -0.05) is 6.07 Å². The van der Waals surface area contributed by atoms with Crippen LogP contribution in [0.1, 0.15) is 13.8 Å². The van der Waals surface area contributed by atoms with Crippen molar-refractivity contribution in [3.8, 4) is 5.75 Å². The van der Waals surface area contributed by atoms with Crippen molar-refractivity contribution in [3.05, 3.63) is 24.5 Å². The predicted molar refractivity (Wildman–Crippen MR) is 67.1 cm³/mol. The molecule has 0 aliphatic rings. The predicted octanol–water partition coefficient (Wildman–Crippen LogP) is 2.33. The number of H-pyrrole nitrogens is 1. The number of nitrogens with zero attached hydrogens (tertiary/aromatic N) is 2. The lowest BCUT2D eigenvalue weighted by molar-refractivity contribution is 0.243. The fourth-order valence-corrected chi connectivity index (χ4v) is 2.08. The van der Waals surface area contributed by atoms with Gasteiger partial charge in [-0.25, -0.2) is 4.98 Å². The van der Waals surface area contributed by atoms with E-state index in [1.165, 1.54) is 18.1 Å². The molecule has 0 fully saturated rings. The van der Waals surface area contributed by atoms with Gasteiger partial charge in [-0.3, -0.25) is 5.10 Å². The van der Waals surface area contributed by atoms with Crippen molar-refractivity contribution in [1.82, 2.24) is 15.2 Å². The van der Waals surface area contributed by atoms with Gasteiger partial charge in [0.15, 0.2) is 5.16 Å². The van der Waals surface area contributed by atoms with Gasteiger partial charge in [0.1, 0.15) is 12.1 Å². The molecule has 2 aromatic rings. The minimum Gasteiger partial charge on any atom is -0.489 e. The Balaban J connectivity index is 2.23. The van der Waals surface area contributed by atoms with Gasteiger partial charge >= 0.3 is 0 Å². The minimum atomic E-state index is 0.0998. The Morgan fingerprint density at radius 2 is 2.24 bits per heavy atom. The van der Waals surface area contributed by atoms with Crippen molar-refractivity contribution >= 4 is 17.4 Å². The Labute approximate surface area is 104 Å². The second kappa shape index (κ2) is 5.09. The number of para-hydroxylation sites is 1. The van der Waals surface area contributed by atoms with E-state index < -0.39 is 0 Å². The Bertz CT molecular complexity index is 484. The first kappa shape index (κ1) is 11.8. The fourth-order valence-electron chi connectivity index (χ4n) is 1.32. The molecule has 0 aliphatic heterocycles. The highest BCUT2D eigenvalue weighted by molar-refractivity contribution is 7.99. The summed E-state index contributed by atoms with van der Waals surface area (Å²) in [7, 11) is 0. The molecule has 0 amide bonds. The van der Waals surface area contributed by atoms with E-state index in [1.807, 2.05) is 32.0 Å². The average Bonchev–Trinajstić information content (AvgIpc) is 2.76. The molecule has 1 heterocycles. The van der Waals surface area contributed by atoms with Crippen molar-refractivity contribution in [2.24, 2.45) is 0 Å². The molecule has 0 saturated heterocycles. The zero-order valence-electron chi connectivity index (χ0n) is 9.68. The van der Waals surface area contributed by atoms with Crippen LogP contribution in [0, 0.1) is 0 Å². The summed E-state index contributed by atoms with van der Waals surface area (Å²) >= 11 is 1.43. The van der Waals surface area contributed by atoms with Crippen LogP contribution in [-0.4, -0.2) is 21.3 Å². The molecular weight excluding hydrogens is 236 g/mol. The minimum absolute atomic E-state index is 0.0998. The van der Waals surface area contributed by atoms with Crippen molar-refractivity contribution in [3.63, 3.8) is 0 Å². The first-order chi connectivity index (χ1) is 8.16. The summed E-state index contributed by atoms with van der Waals surface area (Å²) in [6, 6.07) is 5.70. The SMILES string of the molecule is CC(C)Oc1cccc(Sc2ncn[nH]2)c1N. The number of benzene rings is 1. The molecular formula is C11H14N4OS. The summed E-state index contributed by atoms with van der Waals surface area (Å²) < 4.78 is 5.62. The number of aromatic nitrogens is 3. The molecule has 0 bridgehead atoms. The number of aromatic amines is 1. The van der Waals surface area contributed by atoms with Crippen LogP contribution in [0.2, 0.25) is 0 Å². The maximum atomic E-state index is 6.04. The lowest BCUT2D eigenvalue weighted by Gasteiger charge is -2.13. The summed E-state index contributed by atoms with van der Waals surface area (Å²) in [5.41, 5.74) is 6.67. The quantitative estimate of drug-likeness (QED) is 0.814. The van der Waals surface area contributed by atoms with E-state index in [9.17, 15) is 0 Å². The first-order valence-electron chi connectivity index (χ1n) is 5.25. The Hall–Kier alpha value is -1.69. The Kier molecular flexibility index (Phi) is 3.53. The maximum Gasteiger partial charge on any atom is 0.188 e. The lowest BCUT2D eigenvalue weighted by atomic mass is 10.3. The molecule has 5 nitrogen and oxygen atoms in total. The molecule has 17 heavy (non-hydrogen) atoms. The summed E-state index contributed by atoms with van der Waals surface area (Å²) in [5.74, 6) is 0.699. The smallest absolute Gasteiger partial charge is 0.188 e. The highest BCUT2D eigenvalue weighted by Gasteiger charge is 2.09. The highest BCUT2D eigenvalue weighted by Crippen LogP contribution is 2.35. The van der Waals surface area contributed by atoms with Crippen LogP contribution in [0.15, 0.2) is 34.6 Å². The molecule has 0 aliphatic carbocycles. The number of nitrogen functional groups attached to an aromatic ring is 1. The van der Waals surface area contributed by atoms with Gasteiger partial charge in [-0.2, -0.15) is 5.10 Å². The van der Waals surface area contributed by atoms with E-state index in [0.29, 0.717) is 16.6 Å². The largest absolute Gasteiger partial charge is 0.489 e. The molecule has 1 aromatic heterocycles. The number of anilines is 1. The topological polar surface area (TPSA) is 76.8 Å². The van der Waals surface area contributed by atoms with E-state index in [2.05, 4.69) is 15.2 Å². The fraction of sp³-hybridized carbons (Fsp3) is 0.273. The monoisotopic (exact) mass is 250 g/mol. The van der Waals surface area contributed by atoms with Crippen molar-refractivity contribution < 1.29 is 4.74 Å². The Morgan fingerprint density at radius 3 is 2.88 bits per heavy atom. The van der Waals surface area contributed by atoms with Crippen LogP contribution < -0.4 is 10.5 Å². The summed E-state index contributed by atoms with van der Waals surface area (Å²) in [4.78, 5) is 4.95. The van der Waals surface area contributed by atoms with Crippen LogP contribution in [0.25, 0.3) is 0 Å². The zero-order valence-corrected chi connectivity index (χ0v) is 10.5. The molecule has 0 unspecified atom stereocenters. The van der Waals surface area contributed by atoms with Crippen molar-refractivity contribution in [2.75, 3.05) is 5.73 Å². The summed E-state index contributed by atoms with van der Waals surface area (Å²) in [6.07, 6.45) is 1.57. The van der Waals surface area contributed by atoms with E-state index in [-0.39, 0.29) is 6.10 Å². The van der Waals surface area contributed by atoms with Crippen molar-refractivity contribution in [2.45, 2.75) is 30.0 Å². The zero-order chi connectivity index (χ0) is 12.3.